The molecule has 0 saturated heterocycles. The summed E-state index contributed by atoms with van der Waals surface area (Å²) < 4.78 is 24.9. The first-order valence-corrected chi connectivity index (χ1v) is 7.37. The zero-order chi connectivity index (χ0) is 15.4. The number of hydrogen-bond acceptors (Lipinski definition) is 3. The number of halogens is 1. The van der Waals surface area contributed by atoms with E-state index in [2.05, 4.69) is 0 Å². The van der Waals surface area contributed by atoms with Gasteiger partial charge in [-0.1, -0.05) is 0 Å². The first-order valence-electron chi connectivity index (χ1n) is 7.37. The van der Waals surface area contributed by atoms with Crippen molar-refractivity contribution in [2.45, 2.75) is 33.1 Å². The number of hydrogen-bond donors (Lipinski definition) is 1. The van der Waals surface area contributed by atoms with Crippen molar-refractivity contribution in [3.05, 3.63) is 23.5 Å². The van der Waals surface area contributed by atoms with E-state index in [0.29, 0.717) is 49.5 Å². The SMILES string of the molecule is CCOc1cc(F)c(CCC2CC2C(=O)O)cc1OCC. The standard InChI is InChI=1S/C16H21FO4/c1-3-20-14-8-11(13(17)9-15(14)21-4-2)6-5-10-7-12(10)16(18)19/h8-10,12H,3-7H2,1-2H3,(H,18,19). The number of aryl methyl sites for hydroxylation is 1. The number of carbonyl (C=O) groups is 1. The summed E-state index contributed by atoms with van der Waals surface area (Å²) in [4.78, 5) is 10.8. The van der Waals surface area contributed by atoms with Crippen molar-refractivity contribution >= 4 is 5.97 Å². The minimum absolute atomic E-state index is 0.170. The molecule has 5 heteroatoms. The molecule has 116 valence electrons. The highest BCUT2D eigenvalue weighted by Gasteiger charge is 2.42. The van der Waals surface area contributed by atoms with E-state index in [1.54, 1.807) is 6.07 Å². The Bertz CT molecular complexity index is 515. The average molecular weight is 296 g/mol. The Balaban J connectivity index is 2.05. The molecule has 1 aromatic rings. The maximum atomic E-state index is 14.1. The minimum Gasteiger partial charge on any atom is -0.490 e. The quantitative estimate of drug-likeness (QED) is 0.800. The molecule has 1 aromatic carbocycles. The number of aliphatic carboxylic acids is 1. The van der Waals surface area contributed by atoms with Crippen molar-refractivity contribution in [1.82, 2.24) is 0 Å². The lowest BCUT2D eigenvalue weighted by molar-refractivity contribution is -0.138. The summed E-state index contributed by atoms with van der Waals surface area (Å²) in [6, 6.07) is 3.02. The second kappa shape index (κ2) is 6.78. The van der Waals surface area contributed by atoms with Crippen LogP contribution in [-0.4, -0.2) is 24.3 Å². The number of rotatable bonds is 8. The highest BCUT2D eigenvalue weighted by Crippen LogP contribution is 2.42. The van der Waals surface area contributed by atoms with Gasteiger partial charge in [0, 0.05) is 6.07 Å². The summed E-state index contributed by atoms with van der Waals surface area (Å²) in [5, 5.41) is 8.87. The summed E-state index contributed by atoms with van der Waals surface area (Å²) in [5.74, 6) is -0.195. The van der Waals surface area contributed by atoms with Crippen molar-refractivity contribution in [3.63, 3.8) is 0 Å². The summed E-state index contributed by atoms with van der Waals surface area (Å²) in [5.41, 5.74) is 0.554. The molecule has 0 aliphatic heterocycles. The van der Waals surface area contributed by atoms with E-state index in [0.717, 1.165) is 0 Å². The minimum atomic E-state index is -0.748. The van der Waals surface area contributed by atoms with Crippen LogP contribution in [0, 0.1) is 17.7 Å². The van der Waals surface area contributed by atoms with Crippen LogP contribution in [0.5, 0.6) is 11.5 Å². The molecule has 2 atom stereocenters. The molecule has 2 unspecified atom stereocenters. The molecular weight excluding hydrogens is 275 g/mol. The van der Waals surface area contributed by atoms with Gasteiger partial charge in [0.2, 0.25) is 0 Å². The molecule has 1 aliphatic rings. The number of carboxylic acid groups (broad SMARTS) is 1. The molecule has 0 radical (unpaired) electrons. The molecule has 1 fully saturated rings. The Labute approximate surface area is 123 Å². The van der Waals surface area contributed by atoms with E-state index in [9.17, 15) is 9.18 Å². The van der Waals surface area contributed by atoms with Gasteiger partial charge < -0.3 is 14.6 Å². The van der Waals surface area contributed by atoms with Crippen molar-refractivity contribution < 1.29 is 23.8 Å². The van der Waals surface area contributed by atoms with Gasteiger partial charge in [0.25, 0.3) is 0 Å². The average Bonchev–Trinajstić information content (AvgIpc) is 3.20. The largest absolute Gasteiger partial charge is 0.490 e. The van der Waals surface area contributed by atoms with Gasteiger partial charge in [0.15, 0.2) is 11.5 Å². The van der Waals surface area contributed by atoms with E-state index >= 15 is 0 Å². The Kier molecular flexibility index (Phi) is 5.04. The third-order valence-electron chi connectivity index (χ3n) is 3.74. The number of benzene rings is 1. The molecule has 0 heterocycles. The lowest BCUT2D eigenvalue weighted by Crippen LogP contribution is -2.03. The predicted octanol–water partition coefficient (Wildman–Crippen LogP) is 3.28. The maximum Gasteiger partial charge on any atom is 0.306 e. The maximum absolute atomic E-state index is 14.1. The van der Waals surface area contributed by atoms with Crippen LogP contribution in [0.4, 0.5) is 4.39 Å². The molecule has 1 N–H and O–H groups in total. The molecule has 0 spiro atoms. The smallest absolute Gasteiger partial charge is 0.306 e. The lowest BCUT2D eigenvalue weighted by Gasteiger charge is -2.13. The summed E-state index contributed by atoms with van der Waals surface area (Å²) in [6.07, 6.45) is 1.91. The van der Waals surface area contributed by atoms with E-state index in [-0.39, 0.29) is 17.7 Å². The van der Waals surface area contributed by atoms with Crippen LogP contribution < -0.4 is 9.47 Å². The normalized spacial score (nSPS) is 20.1. The highest BCUT2D eigenvalue weighted by molar-refractivity contribution is 5.73. The Hall–Kier alpha value is -1.78. The summed E-state index contributed by atoms with van der Waals surface area (Å²) in [6.45, 7) is 4.62. The lowest BCUT2D eigenvalue weighted by atomic mass is 10.0. The monoisotopic (exact) mass is 296 g/mol. The Morgan fingerprint density at radius 3 is 2.43 bits per heavy atom. The molecule has 2 rings (SSSR count). The van der Waals surface area contributed by atoms with Gasteiger partial charge in [0.1, 0.15) is 5.82 Å². The van der Waals surface area contributed by atoms with Gasteiger partial charge in [-0.3, -0.25) is 4.79 Å². The van der Waals surface area contributed by atoms with Gasteiger partial charge in [-0.05, 0) is 50.7 Å². The fourth-order valence-electron chi connectivity index (χ4n) is 2.52. The third kappa shape index (κ3) is 3.86. The molecule has 0 aromatic heterocycles. The summed E-state index contributed by atoms with van der Waals surface area (Å²) in [7, 11) is 0. The van der Waals surface area contributed by atoms with Gasteiger partial charge >= 0.3 is 5.97 Å². The van der Waals surface area contributed by atoms with E-state index < -0.39 is 5.97 Å². The van der Waals surface area contributed by atoms with Gasteiger partial charge in [-0.25, -0.2) is 4.39 Å². The van der Waals surface area contributed by atoms with Crippen molar-refractivity contribution in [2.24, 2.45) is 11.8 Å². The van der Waals surface area contributed by atoms with Gasteiger partial charge in [-0.2, -0.15) is 0 Å². The molecule has 1 saturated carbocycles. The van der Waals surface area contributed by atoms with Crippen LogP contribution in [0.15, 0.2) is 12.1 Å². The summed E-state index contributed by atoms with van der Waals surface area (Å²) >= 11 is 0. The first-order chi connectivity index (χ1) is 10.1. The Morgan fingerprint density at radius 1 is 1.29 bits per heavy atom. The zero-order valence-electron chi connectivity index (χ0n) is 12.4. The molecule has 0 bridgehead atoms. The third-order valence-corrected chi connectivity index (χ3v) is 3.74. The van der Waals surface area contributed by atoms with Crippen LogP contribution in [0.25, 0.3) is 0 Å². The second-order valence-corrected chi connectivity index (χ2v) is 5.24. The van der Waals surface area contributed by atoms with E-state index in [4.69, 9.17) is 14.6 Å². The van der Waals surface area contributed by atoms with Crippen LogP contribution in [0.2, 0.25) is 0 Å². The van der Waals surface area contributed by atoms with Gasteiger partial charge in [-0.15, -0.1) is 0 Å². The Morgan fingerprint density at radius 2 is 1.90 bits per heavy atom. The van der Waals surface area contributed by atoms with Crippen LogP contribution >= 0.6 is 0 Å². The van der Waals surface area contributed by atoms with Crippen molar-refractivity contribution in [1.29, 1.82) is 0 Å². The molecular formula is C16H21FO4. The molecule has 0 amide bonds. The molecule has 4 nitrogen and oxygen atoms in total. The zero-order valence-corrected chi connectivity index (χ0v) is 12.4. The number of carboxylic acids is 1. The van der Waals surface area contributed by atoms with E-state index in [1.165, 1.54) is 6.07 Å². The fourth-order valence-corrected chi connectivity index (χ4v) is 2.52. The molecule has 21 heavy (non-hydrogen) atoms. The van der Waals surface area contributed by atoms with Crippen LogP contribution in [-0.2, 0) is 11.2 Å². The predicted molar refractivity (Wildman–Crippen MR) is 76.3 cm³/mol. The van der Waals surface area contributed by atoms with E-state index in [1.807, 2.05) is 13.8 Å². The fraction of sp³-hybridized carbons (Fsp3) is 0.562. The first kappa shape index (κ1) is 15.6. The van der Waals surface area contributed by atoms with Crippen molar-refractivity contribution in [2.75, 3.05) is 13.2 Å². The topological polar surface area (TPSA) is 55.8 Å². The molecule has 1 aliphatic carbocycles. The van der Waals surface area contributed by atoms with Crippen LogP contribution in [0.1, 0.15) is 32.3 Å². The second-order valence-electron chi connectivity index (χ2n) is 5.24. The van der Waals surface area contributed by atoms with Crippen molar-refractivity contribution in [3.8, 4) is 11.5 Å². The highest BCUT2D eigenvalue weighted by atomic mass is 19.1. The number of ether oxygens (including phenoxy) is 2. The van der Waals surface area contributed by atoms with Gasteiger partial charge in [0.05, 0.1) is 19.1 Å². The van der Waals surface area contributed by atoms with Crippen LogP contribution in [0.3, 0.4) is 0 Å².